The van der Waals surface area contributed by atoms with E-state index in [2.05, 4.69) is 47.6 Å². The van der Waals surface area contributed by atoms with Crippen molar-refractivity contribution < 1.29 is 23.1 Å². The van der Waals surface area contributed by atoms with Crippen molar-refractivity contribution >= 4 is 23.8 Å². The number of benzene rings is 2. The third-order valence-electron chi connectivity index (χ3n) is 6.10. The molecule has 2 aliphatic rings. The van der Waals surface area contributed by atoms with Crippen molar-refractivity contribution in [1.82, 2.24) is 25.5 Å². The van der Waals surface area contributed by atoms with Gasteiger partial charge in [0.1, 0.15) is 5.82 Å². The lowest BCUT2D eigenvalue weighted by atomic mass is 10.1. The monoisotopic (exact) mass is 595 g/mol. The van der Waals surface area contributed by atoms with Crippen LogP contribution >= 0.6 is 0 Å². The molecule has 1 atom stereocenters. The number of nitrogens with one attached hydrogen (secondary N) is 3. The number of hydroxylamine groups is 2. The summed E-state index contributed by atoms with van der Waals surface area (Å²) in [6, 6.07) is 15.8. The Balaban J connectivity index is 0.000000255. The van der Waals surface area contributed by atoms with E-state index in [1.165, 1.54) is 12.1 Å². The van der Waals surface area contributed by atoms with E-state index >= 15 is 0 Å². The second kappa shape index (κ2) is 18.7. The summed E-state index contributed by atoms with van der Waals surface area (Å²) >= 11 is 0. The molecule has 12 heteroatoms. The molecule has 1 fully saturated rings. The fourth-order valence-electron chi connectivity index (χ4n) is 4.10. The third-order valence-corrected chi connectivity index (χ3v) is 6.10. The number of carbonyl (C=O) groups excluding carboxylic acids is 1. The number of amides is 1. The van der Waals surface area contributed by atoms with Crippen LogP contribution in [0.3, 0.4) is 0 Å². The number of halogens is 2. The van der Waals surface area contributed by atoms with E-state index < -0.39 is 11.6 Å². The molecule has 0 aliphatic carbocycles. The summed E-state index contributed by atoms with van der Waals surface area (Å²) in [6.45, 7) is 7.07. The summed E-state index contributed by atoms with van der Waals surface area (Å²) in [7, 11) is 3.50. The molecule has 2 aromatic carbocycles. The van der Waals surface area contributed by atoms with Crippen LogP contribution < -0.4 is 16.0 Å². The minimum atomic E-state index is -0.799. The van der Waals surface area contributed by atoms with Crippen LogP contribution in [0.15, 0.2) is 65.8 Å². The molecule has 0 saturated carbocycles. The zero-order valence-electron chi connectivity index (χ0n) is 24.9. The largest absolute Gasteiger partial charge is 0.468 e. The molecule has 0 radical (unpaired) electrons. The molecule has 2 aliphatic heterocycles. The maximum atomic E-state index is 11.9. The fourth-order valence-corrected chi connectivity index (χ4v) is 4.10. The number of anilines is 1. The van der Waals surface area contributed by atoms with Crippen LogP contribution in [0.5, 0.6) is 0 Å². The SMILES string of the molecule is C#C.CCCN1C[C@@H](NC=O)CO1.CNc1c(C)c(C2=CNC(OC)=NC2)nn1-c1ccccc1.Fc1ccccc1F. The normalized spacial score (nSPS) is 15.4. The number of terminal acetylenes is 1. The molecule has 3 heterocycles. The molecule has 1 amide bonds. The first-order valence-corrected chi connectivity index (χ1v) is 13.6. The number of hydrogen-bond donors (Lipinski definition) is 3. The molecule has 10 nitrogen and oxygen atoms in total. The molecule has 230 valence electrons. The van der Waals surface area contributed by atoms with Crippen LogP contribution in [-0.2, 0) is 14.4 Å². The van der Waals surface area contributed by atoms with E-state index in [1.807, 2.05) is 53.3 Å². The Morgan fingerprint density at radius 3 is 2.30 bits per heavy atom. The van der Waals surface area contributed by atoms with E-state index in [1.54, 1.807) is 7.11 Å². The topological polar surface area (TPSA) is 105 Å². The van der Waals surface area contributed by atoms with Gasteiger partial charge in [-0.1, -0.05) is 37.3 Å². The number of hydrogen-bond acceptors (Lipinski definition) is 8. The second-order valence-corrected chi connectivity index (χ2v) is 9.04. The molecule has 1 saturated heterocycles. The van der Waals surface area contributed by atoms with Gasteiger partial charge in [0.05, 0.1) is 37.7 Å². The first-order valence-electron chi connectivity index (χ1n) is 13.6. The van der Waals surface area contributed by atoms with E-state index in [9.17, 15) is 13.6 Å². The smallest absolute Gasteiger partial charge is 0.288 e. The predicted molar refractivity (Wildman–Crippen MR) is 165 cm³/mol. The van der Waals surface area contributed by atoms with Crippen LogP contribution in [0.2, 0.25) is 0 Å². The van der Waals surface area contributed by atoms with Gasteiger partial charge in [-0.05, 0) is 37.6 Å². The highest BCUT2D eigenvalue weighted by atomic mass is 19.2. The summed E-state index contributed by atoms with van der Waals surface area (Å²) in [4.78, 5) is 19.6. The van der Waals surface area contributed by atoms with Gasteiger partial charge in [0.15, 0.2) is 11.6 Å². The van der Waals surface area contributed by atoms with Gasteiger partial charge >= 0.3 is 0 Å². The summed E-state index contributed by atoms with van der Waals surface area (Å²) in [5.74, 6) is -0.622. The van der Waals surface area contributed by atoms with Gasteiger partial charge in [0.25, 0.3) is 6.02 Å². The van der Waals surface area contributed by atoms with E-state index in [0.29, 0.717) is 19.2 Å². The number of amidine groups is 1. The molecular weight excluding hydrogens is 556 g/mol. The fraction of sp³-hybridized carbons (Fsp3) is 0.323. The number of rotatable bonds is 7. The maximum Gasteiger partial charge on any atom is 0.288 e. The van der Waals surface area contributed by atoms with Gasteiger partial charge in [0.2, 0.25) is 6.41 Å². The molecule has 3 aromatic rings. The van der Waals surface area contributed by atoms with E-state index in [0.717, 1.165) is 66.4 Å². The van der Waals surface area contributed by atoms with Crippen molar-refractivity contribution in [2.45, 2.75) is 26.3 Å². The van der Waals surface area contributed by atoms with Gasteiger partial charge in [-0.3, -0.25) is 9.63 Å². The third kappa shape index (κ3) is 10.2. The lowest BCUT2D eigenvalue weighted by Gasteiger charge is -2.12. The molecule has 5 rings (SSSR count). The average Bonchev–Trinajstić information content (AvgIpc) is 3.64. The van der Waals surface area contributed by atoms with E-state index in [4.69, 9.17) is 14.7 Å². The molecular formula is C31H39F2N7O3. The van der Waals surface area contributed by atoms with Crippen molar-refractivity contribution in [1.29, 1.82) is 0 Å². The van der Waals surface area contributed by atoms with Gasteiger partial charge in [-0.15, -0.1) is 12.8 Å². The maximum absolute atomic E-state index is 11.9. The summed E-state index contributed by atoms with van der Waals surface area (Å²) in [5.41, 5.74) is 4.08. The minimum Gasteiger partial charge on any atom is -0.468 e. The van der Waals surface area contributed by atoms with Gasteiger partial charge < -0.3 is 20.7 Å². The van der Waals surface area contributed by atoms with Crippen molar-refractivity contribution in [3.05, 3.63) is 83.7 Å². The highest BCUT2D eigenvalue weighted by Crippen LogP contribution is 2.28. The Bertz CT molecular complexity index is 1340. The summed E-state index contributed by atoms with van der Waals surface area (Å²) < 4.78 is 30.9. The Hall–Kier alpha value is -4.73. The first-order chi connectivity index (χ1) is 20.9. The Kier molecular flexibility index (Phi) is 15.0. The number of ether oxygens (including phenoxy) is 1. The van der Waals surface area contributed by atoms with E-state index in [-0.39, 0.29) is 6.04 Å². The highest BCUT2D eigenvalue weighted by Gasteiger charge is 2.22. The average molecular weight is 596 g/mol. The van der Waals surface area contributed by atoms with Crippen LogP contribution in [0, 0.1) is 31.4 Å². The number of aliphatic imine (C=N–C) groups is 1. The van der Waals surface area contributed by atoms with Crippen LogP contribution in [0.4, 0.5) is 14.6 Å². The van der Waals surface area contributed by atoms with Crippen molar-refractivity contribution in [2.75, 3.05) is 45.7 Å². The molecule has 3 N–H and O–H groups in total. The molecule has 0 bridgehead atoms. The number of methoxy groups -OCH3 is 1. The van der Waals surface area contributed by atoms with Crippen molar-refractivity contribution in [2.24, 2.45) is 4.99 Å². The Morgan fingerprint density at radius 2 is 1.79 bits per heavy atom. The van der Waals surface area contributed by atoms with Gasteiger partial charge in [-0.25, -0.2) is 18.5 Å². The lowest BCUT2D eigenvalue weighted by Crippen LogP contribution is -2.33. The van der Waals surface area contributed by atoms with Crippen molar-refractivity contribution in [3.8, 4) is 18.5 Å². The quantitative estimate of drug-likeness (QED) is 0.279. The summed E-state index contributed by atoms with van der Waals surface area (Å²) in [5, 5.41) is 15.6. The van der Waals surface area contributed by atoms with Crippen LogP contribution in [0.25, 0.3) is 11.3 Å². The zero-order chi connectivity index (χ0) is 31.6. The molecule has 0 spiro atoms. The van der Waals surface area contributed by atoms with Crippen LogP contribution in [0.1, 0.15) is 24.6 Å². The predicted octanol–water partition coefficient (Wildman–Crippen LogP) is 4.14. The second-order valence-electron chi connectivity index (χ2n) is 9.04. The lowest BCUT2D eigenvalue weighted by molar-refractivity contribution is -0.111. The van der Waals surface area contributed by atoms with Crippen molar-refractivity contribution in [3.63, 3.8) is 0 Å². The Labute approximate surface area is 251 Å². The number of nitrogens with zero attached hydrogens (tertiary/aromatic N) is 4. The first kappa shape index (κ1) is 34.5. The Morgan fingerprint density at radius 1 is 1.14 bits per heavy atom. The zero-order valence-corrected chi connectivity index (χ0v) is 24.9. The van der Waals surface area contributed by atoms with Crippen LogP contribution in [-0.4, -0.2) is 73.7 Å². The number of para-hydroxylation sites is 1. The standard InChI is InChI=1S/C16H19N5O.C7H14N2O2.C6H4F2.C2H2/c1-11-14(12-9-18-16(22-3)19-10-12)20-21(15(11)17-2)13-7-5-4-6-8-13;1-2-3-9-4-7(5-11-9)8-6-10;7-5-3-1-2-4-6(5)8;1-2/h4-9,17H,10H2,1-3H3,(H,18,19);6-7H,2-5H2,1H3,(H,8,10);1-4H;1-2H/t;7-;;/m.1../s1. The summed E-state index contributed by atoms with van der Waals surface area (Å²) in [6.07, 6.45) is 11.7. The van der Waals surface area contributed by atoms with Gasteiger partial charge in [-0.2, -0.15) is 10.2 Å². The molecule has 43 heavy (non-hydrogen) atoms. The van der Waals surface area contributed by atoms with Gasteiger partial charge in [0, 0.05) is 37.5 Å². The number of carbonyl (C=O) groups is 1. The molecule has 0 unspecified atom stereocenters. The molecule has 1 aromatic heterocycles. The highest BCUT2D eigenvalue weighted by molar-refractivity contribution is 5.82. The minimum absolute atomic E-state index is 0.180. The number of aromatic nitrogens is 2.